The zero-order valence-corrected chi connectivity index (χ0v) is 17.6. The third kappa shape index (κ3) is 2.96. The largest absolute Gasteiger partial charge is 0.360 e. The van der Waals surface area contributed by atoms with Crippen LogP contribution in [0.15, 0.2) is 67.0 Å². The monoisotopic (exact) mass is 436 g/mol. The van der Waals surface area contributed by atoms with Crippen molar-refractivity contribution in [2.45, 2.75) is 18.3 Å². The molecular formula is C26H20N4O3. The highest BCUT2D eigenvalue weighted by Crippen LogP contribution is 2.47. The van der Waals surface area contributed by atoms with Crippen LogP contribution < -0.4 is 10.6 Å². The maximum Gasteiger partial charge on any atom is 0.270 e. The minimum Gasteiger partial charge on any atom is -0.360 e. The molecule has 2 amide bonds. The molecule has 0 saturated carbocycles. The molecule has 162 valence electrons. The second-order valence-electron chi connectivity index (χ2n) is 8.63. The minimum atomic E-state index is -0.652. The van der Waals surface area contributed by atoms with Crippen LogP contribution in [0.5, 0.6) is 0 Å². The number of anilines is 1. The molecule has 1 spiro atoms. The highest BCUT2D eigenvalue weighted by molar-refractivity contribution is 6.10. The fraction of sp³-hybridized carbons (Fsp3) is 0.154. The number of Topliss-reactive ketones (excluding diaryl/α,β-unsaturated/α-hetero) is 1. The summed E-state index contributed by atoms with van der Waals surface area (Å²) in [5.41, 5.74) is 4.74. The smallest absolute Gasteiger partial charge is 0.270 e. The van der Waals surface area contributed by atoms with E-state index in [1.165, 1.54) is 0 Å². The van der Waals surface area contributed by atoms with Gasteiger partial charge in [0, 0.05) is 34.5 Å². The van der Waals surface area contributed by atoms with Crippen LogP contribution in [-0.2, 0) is 23.1 Å². The first-order valence-corrected chi connectivity index (χ1v) is 10.8. The number of H-pyrrole nitrogens is 1. The van der Waals surface area contributed by atoms with Gasteiger partial charge in [0.05, 0.1) is 12.0 Å². The van der Waals surface area contributed by atoms with Crippen molar-refractivity contribution in [1.29, 1.82) is 0 Å². The molecule has 0 bridgehead atoms. The summed E-state index contributed by atoms with van der Waals surface area (Å²) in [7, 11) is 0. The molecule has 2 aromatic carbocycles. The number of nitrogens with zero attached hydrogens (tertiary/aromatic N) is 1. The van der Waals surface area contributed by atoms with Crippen molar-refractivity contribution < 1.29 is 14.4 Å². The summed E-state index contributed by atoms with van der Waals surface area (Å²) < 4.78 is 0. The number of amides is 2. The zero-order valence-electron chi connectivity index (χ0n) is 17.6. The number of ketones is 1. The van der Waals surface area contributed by atoms with Crippen molar-refractivity contribution in [3.8, 4) is 0 Å². The van der Waals surface area contributed by atoms with Crippen LogP contribution in [0.1, 0.15) is 37.5 Å². The first-order valence-electron chi connectivity index (χ1n) is 10.8. The quantitative estimate of drug-likeness (QED) is 0.428. The third-order valence-corrected chi connectivity index (χ3v) is 6.72. The number of hydrogen-bond donors (Lipinski definition) is 3. The zero-order chi connectivity index (χ0) is 22.6. The van der Waals surface area contributed by atoms with E-state index in [9.17, 15) is 14.4 Å². The van der Waals surface area contributed by atoms with Crippen molar-refractivity contribution in [3.63, 3.8) is 0 Å². The van der Waals surface area contributed by atoms with Crippen LogP contribution in [0.3, 0.4) is 0 Å². The van der Waals surface area contributed by atoms with Crippen LogP contribution in [0.4, 0.5) is 5.69 Å². The summed E-state index contributed by atoms with van der Waals surface area (Å²) in [6, 6.07) is 17.0. The molecule has 2 aliphatic rings. The van der Waals surface area contributed by atoms with Crippen molar-refractivity contribution in [2.24, 2.45) is 0 Å². The molecule has 0 fully saturated rings. The van der Waals surface area contributed by atoms with Gasteiger partial charge in [0.2, 0.25) is 5.91 Å². The van der Waals surface area contributed by atoms with E-state index < -0.39 is 11.3 Å². The lowest BCUT2D eigenvalue weighted by molar-refractivity contribution is -0.120. The van der Waals surface area contributed by atoms with Crippen LogP contribution >= 0.6 is 0 Å². The molecule has 1 atom stereocenters. The van der Waals surface area contributed by atoms with Crippen molar-refractivity contribution in [2.75, 3.05) is 11.9 Å². The highest BCUT2D eigenvalue weighted by Gasteiger charge is 2.50. The lowest BCUT2D eigenvalue weighted by Gasteiger charge is -2.20. The standard InChI is InChI=1S/C26H20N4O3/c31-23(18-13-28-20-7-3-1-5-17(18)20)14-29-24(32)22-9-15-10-26(11-16(15)12-27-22)19-6-2-4-8-21(19)30-25(26)33/h1-9,12-13,28H,10-11,14H2,(H,29,32)(H,30,33). The Balaban J connectivity index is 1.20. The van der Waals surface area contributed by atoms with E-state index in [0.29, 0.717) is 18.4 Å². The lowest BCUT2D eigenvalue weighted by Crippen LogP contribution is -2.35. The highest BCUT2D eigenvalue weighted by atomic mass is 16.2. The Morgan fingerprint density at radius 2 is 1.82 bits per heavy atom. The molecule has 4 aromatic rings. The van der Waals surface area contributed by atoms with Gasteiger partial charge in [0.25, 0.3) is 5.91 Å². The number of carbonyl (C=O) groups excluding carboxylic acids is 3. The van der Waals surface area contributed by atoms with Crippen LogP contribution in [0.2, 0.25) is 0 Å². The lowest BCUT2D eigenvalue weighted by atomic mass is 9.79. The Hall–Kier alpha value is -4.26. The van der Waals surface area contributed by atoms with Gasteiger partial charge in [0.1, 0.15) is 5.69 Å². The average molecular weight is 436 g/mol. The Kier molecular flexibility index (Phi) is 4.20. The molecule has 0 radical (unpaired) electrons. The van der Waals surface area contributed by atoms with Gasteiger partial charge in [-0.2, -0.15) is 0 Å². The van der Waals surface area contributed by atoms with Crippen LogP contribution in [-0.4, -0.2) is 34.1 Å². The van der Waals surface area contributed by atoms with Gasteiger partial charge < -0.3 is 15.6 Å². The molecular weight excluding hydrogens is 416 g/mol. The van der Waals surface area contributed by atoms with Gasteiger partial charge in [-0.3, -0.25) is 19.4 Å². The van der Waals surface area contributed by atoms with Crippen molar-refractivity contribution >= 4 is 34.2 Å². The molecule has 2 aromatic heterocycles. The number of para-hydroxylation sites is 2. The van der Waals surface area contributed by atoms with Gasteiger partial charge in [0.15, 0.2) is 5.78 Å². The Labute approximate surface area is 189 Å². The van der Waals surface area contributed by atoms with Gasteiger partial charge in [-0.1, -0.05) is 36.4 Å². The van der Waals surface area contributed by atoms with Gasteiger partial charge in [-0.25, -0.2) is 0 Å². The van der Waals surface area contributed by atoms with Gasteiger partial charge in [-0.05, 0) is 47.7 Å². The summed E-state index contributed by atoms with van der Waals surface area (Å²) in [5.74, 6) is -0.612. The van der Waals surface area contributed by atoms with E-state index in [0.717, 1.165) is 33.3 Å². The molecule has 0 saturated heterocycles. The van der Waals surface area contributed by atoms with Crippen molar-refractivity contribution in [1.82, 2.24) is 15.3 Å². The van der Waals surface area contributed by atoms with E-state index in [4.69, 9.17) is 0 Å². The third-order valence-electron chi connectivity index (χ3n) is 6.72. The minimum absolute atomic E-state index is 0.0183. The summed E-state index contributed by atoms with van der Waals surface area (Å²) in [6.45, 7) is -0.126. The van der Waals surface area contributed by atoms with Crippen LogP contribution in [0.25, 0.3) is 10.9 Å². The second kappa shape index (κ2) is 7.13. The Morgan fingerprint density at radius 1 is 1.03 bits per heavy atom. The summed E-state index contributed by atoms with van der Waals surface area (Å²) >= 11 is 0. The molecule has 3 heterocycles. The first kappa shape index (κ1) is 19.4. The maximum absolute atomic E-state index is 12.9. The van der Waals surface area contributed by atoms with Gasteiger partial charge in [-0.15, -0.1) is 0 Å². The van der Waals surface area contributed by atoms with E-state index in [-0.39, 0.29) is 23.9 Å². The van der Waals surface area contributed by atoms with Crippen LogP contribution in [0, 0.1) is 0 Å². The Bertz CT molecular complexity index is 1470. The molecule has 6 rings (SSSR count). The topological polar surface area (TPSA) is 104 Å². The van der Waals surface area contributed by atoms with E-state index in [2.05, 4.69) is 20.6 Å². The molecule has 7 nitrogen and oxygen atoms in total. The number of benzene rings is 2. The first-order chi connectivity index (χ1) is 16.0. The summed E-state index contributed by atoms with van der Waals surface area (Å²) in [5, 5.41) is 6.49. The molecule has 3 N–H and O–H groups in total. The number of fused-ring (bicyclic) bond motifs is 4. The summed E-state index contributed by atoms with van der Waals surface area (Å²) in [6.07, 6.45) is 4.41. The van der Waals surface area contributed by atoms with E-state index in [1.54, 1.807) is 18.5 Å². The number of aromatic amines is 1. The van der Waals surface area contributed by atoms with Gasteiger partial charge >= 0.3 is 0 Å². The number of aromatic nitrogens is 2. The predicted octanol–water partition coefficient (Wildman–Crippen LogP) is 3.16. The SMILES string of the molecule is O=C(NCC(=O)c1c[nH]c2ccccc12)c1cc2c(cn1)CC1(C2)C(=O)Nc2ccccc21. The molecule has 7 heteroatoms. The second-order valence-corrected chi connectivity index (χ2v) is 8.63. The fourth-order valence-electron chi connectivity index (χ4n) is 5.06. The number of hydrogen-bond acceptors (Lipinski definition) is 4. The fourth-order valence-corrected chi connectivity index (χ4v) is 5.06. The maximum atomic E-state index is 12.9. The molecule has 33 heavy (non-hydrogen) atoms. The number of nitrogens with one attached hydrogen (secondary N) is 3. The molecule has 1 unspecified atom stereocenters. The molecule has 1 aliphatic carbocycles. The number of pyridine rings is 1. The summed E-state index contributed by atoms with van der Waals surface area (Å²) in [4.78, 5) is 45.7. The average Bonchev–Trinajstić information content (AvgIpc) is 3.51. The normalized spacial score (nSPS) is 18.2. The van der Waals surface area contributed by atoms with E-state index >= 15 is 0 Å². The van der Waals surface area contributed by atoms with Crippen molar-refractivity contribution in [3.05, 3.63) is 94.9 Å². The Morgan fingerprint density at radius 3 is 2.73 bits per heavy atom. The predicted molar refractivity (Wildman–Crippen MR) is 123 cm³/mol. The number of rotatable bonds is 4. The van der Waals surface area contributed by atoms with E-state index in [1.807, 2.05) is 48.5 Å². The molecule has 1 aliphatic heterocycles. The number of carbonyl (C=O) groups is 3.